The molecule has 0 heterocycles. The van der Waals surface area contributed by atoms with Crippen molar-refractivity contribution in [2.24, 2.45) is 0 Å². The van der Waals surface area contributed by atoms with Crippen LogP contribution in [0.3, 0.4) is 0 Å². The van der Waals surface area contributed by atoms with Crippen molar-refractivity contribution >= 4 is 32.6 Å². The molecule has 2 aromatic rings. The molecule has 0 spiro atoms. The van der Waals surface area contributed by atoms with E-state index in [1.54, 1.807) is 19.2 Å². The first-order valence-electron chi connectivity index (χ1n) is 7.46. The van der Waals surface area contributed by atoms with E-state index >= 15 is 0 Å². The van der Waals surface area contributed by atoms with E-state index in [1.165, 1.54) is 6.07 Å². The third kappa shape index (κ3) is 4.61. The van der Waals surface area contributed by atoms with Crippen molar-refractivity contribution < 1.29 is 17.9 Å². The van der Waals surface area contributed by atoms with Crippen LogP contribution in [-0.4, -0.2) is 22.1 Å². The van der Waals surface area contributed by atoms with Gasteiger partial charge in [-0.1, -0.05) is 12.1 Å². The molecule has 0 aliphatic carbocycles. The van der Waals surface area contributed by atoms with Gasteiger partial charge >= 0.3 is 0 Å². The fourth-order valence-electron chi connectivity index (χ4n) is 2.20. The van der Waals surface area contributed by atoms with Crippen LogP contribution in [0.4, 0.5) is 0 Å². The number of benzene rings is 2. The first-order chi connectivity index (χ1) is 11.4. The molecular weight excluding hydrogens is 441 g/mol. The number of ether oxygens (including phenoxy) is 2. The molecule has 0 fully saturated rings. The number of hydrogen-bond acceptors (Lipinski definition) is 4. The molecule has 0 aromatic heterocycles. The minimum atomic E-state index is -3.62. The molecule has 2 rings (SSSR count). The molecule has 2 aromatic carbocycles. The van der Waals surface area contributed by atoms with Gasteiger partial charge in [0.1, 0.15) is 11.5 Å². The molecule has 0 saturated heterocycles. The van der Waals surface area contributed by atoms with Crippen molar-refractivity contribution in [1.82, 2.24) is 4.72 Å². The zero-order valence-electron chi connectivity index (χ0n) is 13.7. The summed E-state index contributed by atoms with van der Waals surface area (Å²) >= 11 is 2.05. The van der Waals surface area contributed by atoms with E-state index in [2.05, 4.69) is 27.3 Å². The molecule has 1 unspecified atom stereocenters. The van der Waals surface area contributed by atoms with Gasteiger partial charge in [0.2, 0.25) is 10.0 Å². The van der Waals surface area contributed by atoms with Gasteiger partial charge in [-0.15, -0.1) is 0 Å². The summed E-state index contributed by atoms with van der Waals surface area (Å²) in [5, 5.41) is 0. The van der Waals surface area contributed by atoms with Crippen molar-refractivity contribution in [3.8, 4) is 11.5 Å². The van der Waals surface area contributed by atoms with E-state index in [4.69, 9.17) is 9.47 Å². The van der Waals surface area contributed by atoms with Gasteiger partial charge in [0.05, 0.1) is 22.2 Å². The Morgan fingerprint density at radius 1 is 1.17 bits per heavy atom. The number of sulfonamides is 1. The Labute approximate surface area is 156 Å². The first-order valence-corrected chi connectivity index (χ1v) is 10.0. The Kier molecular flexibility index (Phi) is 6.47. The van der Waals surface area contributed by atoms with Crippen LogP contribution in [0, 0.1) is 3.57 Å². The minimum Gasteiger partial charge on any atom is -0.496 e. The van der Waals surface area contributed by atoms with Crippen LogP contribution < -0.4 is 14.2 Å². The second-order valence-corrected chi connectivity index (χ2v) is 8.02. The Balaban J connectivity index is 2.17. The van der Waals surface area contributed by atoms with E-state index in [0.717, 1.165) is 14.9 Å². The predicted molar refractivity (Wildman–Crippen MR) is 102 cm³/mol. The molecule has 0 amide bonds. The van der Waals surface area contributed by atoms with Crippen LogP contribution in [0.5, 0.6) is 11.5 Å². The fraction of sp³-hybridized carbons (Fsp3) is 0.294. The number of rotatable bonds is 7. The van der Waals surface area contributed by atoms with Gasteiger partial charge in [-0.25, -0.2) is 13.1 Å². The number of hydrogen-bond donors (Lipinski definition) is 1. The SMILES string of the molecule is CCOc1ccc(C(C)NS(=O)(=O)c2ccc(OC)c(I)c2)cc1. The lowest BCUT2D eigenvalue weighted by atomic mass is 10.1. The van der Waals surface area contributed by atoms with Crippen LogP contribution in [0.25, 0.3) is 0 Å². The molecule has 0 aliphatic rings. The lowest BCUT2D eigenvalue weighted by Crippen LogP contribution is -2.27. The van der Waals surface area contributed by atoms with Crippen molar-refractivity contribution in [1.29, 1.82) is 0 Å². The predicted octanol–water partition coefficient (Wildman–Crippen LogP) is 3.74. The van der Waals surface area contributed by atoms with Crippen molar-refractivity contribution in [2.45, 2.75) is 24.8 Å². The summed E-state index contributed by atoms with van der Waals surface area (Å²) in [4.78, 5) is 0.213. The summed E-state index contributed by atoms with van der Waals surface area (Å²) in [5.41, 5.74) is 0.866. The summed E-state index contributed by atoms with van der Waals surface area (Å²) in [5.74, 6) is 1.41. The number of halogens is 1. The average molecular weight is 461 g/mol. The van der Waals surface area contributed by atoms with Crippen LogP contribution >= 0.6 is 22.6 Å². The Morgan fingerprint density at radius 3 is 2.38 bits per heavy atom. The fourth-order valence-corrected chi connectivity index (χ4v) is 4.41. The maximum Gasteiger partial charge on any atom is 0.241 e. The molecule has 130 valence electrons. The van der Waals surface area contributed by atoms with Crippen LogP contribution in [-0.2, 0) is 10.0 Å². The smallest absolute Gasteiger partial charge is 0.241 e. The van der Waals surface area contributed by atoms with Gasteiger partial charge < -0.3 is 9.47 Å². The van der Waals surface area contributed by atoms with E-state index in [-0.39, 0.29) is 10.9 Å². The van der Waals surface area contributed by atoms with E-state index in [0.29, 0.717) is 12.4 Å². The van der Waals surface area contributed by atoms with Gasteiger partial charge in [0.25, 0.3) is 0 Å². The molecule has 0 saturated carbocycles. The summed E-state index contributed by atoms with van der Waals surface area (Å²) in [7, 11) is -2.06. The monoisotopic (exact) mass is 461 g/mol. The average Bonchev–Trinajstić information content (AvgIpc) is 2.55. The van der Waals surface area contributed by atoms with Crippen molar-refractivity contribution in [3.05, 3.63) is 51.6 Å². The topological polar surface area (TPSA) is 64.6 Å². The highest BCUT2D eigenvalue weighted by Crippen LogP contribution is 2.25. The van der Waals surface area contributed by atoms with E-state index < -0.39 is 10.0 Å². The molecule has 1 N–H and O–H groups in total. The number of nitrogens with one attached hydrogen (secondary N) is 1. The maximum atomic E-state index is 12.6. The highest BCUT2D eigenvalue weighted by atomic mass is 127. The van der Waals surface area contributed by atoms with Crippen molar-refractivity contribution in [2.75, 3.05) is 13.7 Å². The number of methoxy groups -OCH3 is 1. The van der Waals surface area contributed by atoms with E-state index in [9.17, 15) is 8.42 Å². The van der Waals surface area contributed by atoms with Gasteiger partial charge in [0.15, 0.2) is 0 Å². The highest BCUT2D eigenvalue weighted by Gasteiger charge is 2.19. The molecule has 5 nitrogen and oxygen atoms in total. The van der Waals surface area contributed by atoms with Crippen LogP contribution in [0.1, 0.15) is 25.5 Å². The molecule has 7 heteroatoms. The summed E-state index contributed by atoms with van der Waals surface area (Å²) in [6, 6.07) is 11.8. The standard InChI is InChI=1S/C17H20INO4S/c1-4-23-14-7-5-13(6-8-14)12(2)19-24(20,21)15-9-10-17(22-3)16(18)11-15/h5-12,19H,4H2,1-3H3. The Bertz CT molecular complexity index is 791. The van der Waals surface area contributed by atoms with Gasteiger partial charge in [-0.05, 0) is 72.3 Å². The molecule has 0 bridgehead atoms. The molecular formula is C17H20INO4S. The normalized spacial score (nSPS) is 12.7. The van der Waals surface area contributed by atoms with E-state index in [1.807, 2.05) is 38.1 Å². The quantitative estimate of drug-likeness (QED) is 0.639. The minimum absolute atomic E-state index is 0.213. The third-order valence-electron chi connectivity index (χ3n) is 3.46. The highest BCUT2D eigenvalue weighted by molar-refractivity contribution is 14.1. The van der Waals surface area contributed by atoms with Crippen molar-refractivity contribution in [3.63, 3.8) is 0 Å². The second-order valence-electron chi connectivity index (χ2n) is 5.14. The summed E-state index contributed by atoms with van der Waals surface area (Å²) < 4.78 is 39.1. The van der Waals surface area contributed by atoms with Crippen LogP contribution in [0.2, 0.25) is 0 Å². The maximum absolute atomic E-state index is 12.6. The molecule has 1 atom stereocenters. The summed E-state index contributed by atoms with van der Waals surface area (Å²) in [6.45, 7) is 4.32. The zero-order chi connectivity index (χ0) is 17.7. The first kappa shape index (κ1) is 19.0. The third-order valence-corrected chi connectivity index (χ3v) is 5.84. The Hall–Kier alpha value is -1.32. The second kappa shape index (κ2) is 8.17. The van der Waals surface area contributed by atoms with Gasteiger partial charge in [-0.3, -0.25) is 0 Å². The Morgan fingerprint density at radius 2 is 1.83 bits per heavy atom. The zero-order valence-corrected chi connectivity index (χ0v) is 16.7. The van der Waals surface area contributed by atoms with Gasteiger partial charge in [-0.2, -0.15) is 0 Å². The molecule has 0 aliphatic heterocycles. The summed E-state index contributed by atoms with van der Waals surface area (Å²) in [6.07, 6.45) is 0. The van der Waals surface area contributed by atoms with Gasteiger partial charge in [0, 0.05) is 6.04 Å². The largest absolute Gasteiger partial charge is 0.496 e. The molecule has 24 heavy (non-hydrogen) atoms. The lowest BCUT2D eigenvalue weighted by Gasteiger charge is -2.16. The molecule has 0 radical (unpaired) electrons. The van der Waals surface area contributed by atoms with Crippen LogP contribution in [0.15, 0.2) is 47.4 Å². The lowest BCUT2D eigenvalue weighted by molar-refractivity contribution is 0.340.